The number of thiocarbonyl (C=S) groups is 1. The Kier molecular flexibility index (Phi) is 5.35. The van der Waals surface area contributed by atoms with Crippen LogP contribution in [0.25, 0.3) is 0 Å². The summed E-state index contributed by atoms with van der Waals surface area (Å²) in [5.74, 6) is 0. The molecule has 1 aromatic carbocycles. The van der Waals surface area contributed by atoms with Gasteiger partial charge in [0.25, 0.3) is 0 Å². The molecule has 0 spiro atoms. The van der Waals surface area contributed by atoms with Gasteiger partial charge in [0.1, 0.15) is 0 Å². The molecular weight excluding hydrogens is 356 g/mol. The lowest BCUT2D eigenvalue weighted by Gasteiger charge is -2.19. The number of nitrogens with zero attached hydrogens (tertiary/aromatic N) is 5. The first-order valence-corrected chi connectivity index (χ1v) is 8.56. The summed E-state index contributed by atoms with van der Waals surface area (Å²) in [4.78, 5) is 1.94. The zero-order valence-electron chi connectivity index (χ0n) is 14.1. The molecule has 6 nitrogen and oxygen atoms in total. The molecule has 0 fully saturated rings. The minimum atomic E-state index is 0.618. The zero-order chi connectivity index (χ0) is 17.8. The largest absolute Gasteiger partial charge is 0.346 e. The van der Waals surface area contributed by atoms with Crippen LogP contribution in [-0.2, 0) is 20.1 Å². The number of hydrogen-bond acceptors (Lipinski definition) is 3. The van der Waals surface area contributed by atoms with Crippen molar-refractivity contribution in [3.63, 3.8) is 0 Å². The van der Waals surface area contributed by atoms with Crippen molar-refractivity contribution in [3.8, 4) is 0 Å². The van der Waals surface area contributed by atoms with Gasteiger partial charge in [-0.3, -0.25) is 9.36 Å². The van der Waals surface area contributed by atoms with Crippen LogP contribution in [-0.4, -0.2) is 36.6 Å². The summed E-state index contributed by atoms with van der Waals surface area (Å²) in [6, 6.07) is 9.72. The number of halogens is 1. The number of benzene rings is 1. The van der Waals surface area contributed by atoms with E-state index in [1.165, 1.54) is 0 Å². The second-order valence-electron chi connectivity index (χ2n) is 5.82. The molecule has 1 N–H and O–H groups in total. The molecule has 0 radical (unpaired) electrons. The van der Waals surface area contributed by atoms with Crippen LogP contribution < -0.4 is 5.32 Å². The summed E-state index contributed by atoms with van der Waals surface area (Å²) >= 11 is 11.5. The summed E-state index contributed by atoms with van der Waals surface area (Å²) in [7, 11) is 3.83. The molecule has 0 saturated carbocycles. The van der Waals surface area contributed by atoms with Crippen molar-refractivity contribution in [3.05, 3.63) is 65.2 Å². The summed E-state index contributed by atoms with van der Waals surface area (Å²) < 4.78 is 3.62. The molecule has 3 rings (SSSR count). The monoisotopic (exact) mass is 374 g/mol. The number of hydrogen-bond donors (Lipinski definition) is 1. The van der Waals surface area contributed by atoms with E-state index in [4.69, 9.17) is 23.8 Å². The smallest absolute Gasteiger partial charge is 0.173 e. The minimum Gasteiger partial charge on any atom is -0.346 e. The van der Waals surface area contributed by atoms with Gasteiger partial charge in [-0.05, 0) is 36.0 Å². The number of aromatic nitrogens is 4. The maximum absolute atomic E-state index is 6.02. The first-order chi connectivity index (χ1) is 12.0. The fourth-order valence-electron chi connectivity index (χ4n) is 2.42. The SMILES string of the molecule is CN(Cc1ccn(C)n1)C(=S)Nc1cnn(Cc2cccc(Cl)c2)c1. The van der Waals surface area contributed by atoms with E-state index < -0.39 is 0 Å². The molecule has 0 unspecified atom stereocenters. The van der Waals surface area contributed by atoms with Gasteiger partial charge in [0, 0.05) is 31.5 Å². The van der Waals surface area contributed by atoms with Crippen LogP contribution in [0.3, 0.4) is 0 Å². The molecule has 0 atom stereocenters. The van der Waals surface area contributed by atoms with Crippen molar-refractivity contribution < 1.29 is 0 Å². The number of nitrogens with one attached hydrogen (secondary N) is 1. The summed E-state index contributed by atoms with van der Waals surface area (Å²) in [5.41, 5.74) is 2.91. The molecule has 0 saturated heterocycles. The van der Waals surface area contributed by atoms with E-state index in [1.54, 1.807) is 10.9 Å². The van der Waals surface area contributed by atoms with Crippen molar-refractivity contribution in [2.24, 2.45) is 7.05 Å². The fraction of sp³-hybridized carbons (Fsp3) is 0.235. The molecule has 0 aliphatic heterocycles. The molecular formula is C17H19ClN6S. The van der Waals surface area contributed by atoms with Gasteiger partial charge in [0.15, 0.2) is 5.11 Å². The van der Waals surface area contributed by atoms with Crippen LogP contribution in [0.5, 0.6) is 0 Å². The third-order valence-corrected chi connectivity index (χ3v) is 4.28. The second-order valence-corrected chi connectivity index (χ2v) is 6.65. The highest BCUT2D eigenvalue weighted by Gasteiger charge is 2.09. The highest BCUT2D eigenvalue weighted by Crippen LogP contribution is 2.13. The molecule has 3 aromatic rings. The second kappa shape index (κ2) is 7.67. The Morgan fingerprint density at radius 3 is 2.92 bits per heavy atom. The first-order valence-electron chi connectivity index (χ1n) is 7.77. The van der Waals surface area contributed by atoms with E-state index >= 15 is 0 Å². The average Bonchev–Trinajstić information content (AvgIpc) is 3.16. The molecule has 2 heterocycles. The lowest BCUT2D eigenvalue weighted by Crippen LogP contribution is -2.30. The van der Waals surface area contributed by atoms with Gasteiger partial charge in [-0.15, -0.1) is 0 Å². The predicted molar refractivity (Wildman–Crippen MR) is 104 cm³/mol. The quantitative estimate of drug-likeness (QED) is 0.695. The zero-order valence-corrected chi connectivity index (χ0v) is 15.6. The minimum absolute atomic E-state index is 0.618. The van der Waals surface area contributed by atoms with Crippen LogP contribution in [0, 0.1) is 0 Å². The Morgan fingerprint density at radius 1 is 1.36 bits per heavy atom. The van der Waals surface area contributed by atoms with E-state index in [9.17, 15) is 0 Å². The molecule has 0 aliphatic carbocycles. The Bertz CT molecular complexity index is 871. The molecule has 2 aromatic heterocycles. The summed E-state index contributed by atoms with van der Waals surface area (Å²) in [6.45, 7) is 1.29. The summed E-state index contributed by atoms with van der Waals surface area (Å²) in [6.07, 6.45) is 5.59. The van der Waals surface area contributed by atoms with Gasteiger partial charge in [0.05, 0.1) is 30.7 Å². The van der Waals surface area contributed by atoms with Crippen LogP contribution in [0.4, 0.5) is 5.69 Å². The van der Waals surface area contributed by atoms with E-state index in [0.717, 1.165) is 22.0 Å². The Morgan fingerprint density at radius 2 is 2.20 bits per heavy atom. The molecule has 0 aliphatic rings. The molecule has 8 heteroatoms. The standard InChI is InChI=1S/C17H19ClN6S/c1-22(11-15-6-7-23(2)21-15)17(25)20-16-9-19-24(12-16)10-13-4-3-5-14(18)8-13/h3-9,12H,10-11H2,1-2H3,(H,20,25). The van der Waals surface area contributed by atoms with E-state index in [2.05, 4.69) is 15.5 Å². The van der Waals surface area contributed by atoms with Crippen molar-refractivity contribution in [2.45, 2.75) is 13.1 Å². The van der Waals surface area contributed by atoms with Gasteiger partial charge in [0.2, 0.25) is 0 Å². The van der Waals surface area contributed by atoms with E-state index in [0.29, 0.717) is 18.2 Å². The average molecular weight is 375 g/mol. The normalized spacial score (nSPS) is 10.7. The van der Waals surface area contributed by atoms with Crippen LogP contribution in [0.1, 0.15) is 11.3 Å². The predicted octanol–water partition coefficient (Wildman–Crippen LogP) is 3.15. The van der Waals surface area contributed by atoms with Crippen molar-refractivity contribution in [1.82, 2.24) is 24.5 Å². The van der Waals surface area contributed by atoms with Crippen LogP contribution >= 0.6 is 23.8 Å². The Hall–Kier alpha value is -2.38. The van der Waals surface area contributed by atoms with Gasteiger partial charge in [-0.25, -0.2) is 0 Å². The Labute approximate surface area is 157 Å². The Balaban J connectivity index is 1.57. The first kappa shape index (κ1) is 17.4. The highest BCUT2D eigenvalue weighted by atomic mass is 35.5. The number of anilines is 1. The van der Waals surface area contributed by atoms with Crippen LogP contribution in [0.2, 0.25) is 5.02 Å². The number of aryl methyl sites for hydroxylation is 1. The van der Waals surface area contributed by atoms with Gasteiger partial charge >= 0.3 is 0 Å². The third-order valence-electron chi connectivity index (χ3n) is 3.63. The fourth-order valence-corrected chi connectivity index (χ4v) is 2.81. The highest BCUT2D eigenvalue weighted by molar-refractivity contribution is 7.80. The van der Waals surface area contributed by atoms with Crippen LogP contribution in [0.15, 0.2) is 48.9 Å². The van der Waals surface area contributed by atoms with Crippen molar-refractivity contribution in [2.75, 3.05) is 12.4 Å². The van der Waals surface area contributed by atoms with E-state index in [1.807, 2.05) is 66.4 Å². The lowest BCUT2D eigenvalue weighted by molar-refractivity contribution is 0.495. The molecule has 25 heavy (non-hydrogen) atoms. The molecule has 0 bridgehead atoms. The molecule has 130 valence electrons. The third kappa shape index (κ3) is 4.80. The topological polar surface area (TPSA) is 50.9 Å². The maximum atomic E-state index is 6.02. The van der Waals surface area contributed by atoms with Gasteiger partial charge in [-0.2, -0.15) is 10.2 Å². The summed E-state index contributed by atoms with van der Waals surface area (Å²) in [5, 5.41) is 13.3. The van der Waals surface area contributed by atoms with E-state index in [-0.39, 0.29) is 0 Å². The maximum Gasteiger partial charge on any atom is 0.173 e. The van der Waals surface area contributed by atoms with Gasteiger partial charge < -0.3 is 10.2 Å². The number of rotatable bonds is 5. The lowest BCUT2D eigenvalue weighted by atomic mass is 10.2. The molecule has 0 amide bonds. The van der Waals surface area contributed by atoms with Gasteiger partial charge in [-0.1, -0.05) is 23.7 Å². The van der Waals surface area contributed by atoms with Crippen molar-refractivity contribution >= 4 is 34.6 Å². The van der Waals surface area contributed by atoms with Crippen molar-refractivity contribution in [1.29, 1.82) is 0 Å².